The maximum atomic E-state index is 13.0. The Morgan fingerprint density at radius 3 is 2.75 bits per heavy atom. The van der Waals surface area contributed by atoms with E-state index in [4.69, 9.17) is 4.74 Å². The van der Waals surface area contributed by atoms with Crippen molar-refractivity contribution in [2.45, 2.75) is 64.0 Å². The minimum atomic E-state index is -0.141. The van der Waals surface area contributed by atoms with Crippen LogP contribution < -0.4 is 10.6 Å². The summed E-state index contributed by atoms with van der Waals surface area (Å²) < 4.78 is 5.47. The summed E-state index contributed by atoms with van der Waals surface area (Å²) in [5, 5.41) is 6.80. The van der Waals surface area contributed by atoms with Gasteiger partial charge < -0.3 is 15.4 Å². The van der Waals surface area contributed by atoms with Crippen LogP contribution >= 0.6 is 0 Å². The quantitative estimate of drug-likeness (QED) is 0.803. The number of piperidine rings is 1. The molecular formula is C19H35N3O2. The van der Waals surface area contributed by atoms with Crippen molar-refractivity contribution in [2.24, 2.45) is 11.3 Å². The monoisotopic (exact) mass is 337 g/mol. The predicted octanol–water partition coefficient (Wildman–Crippen LogP) is 1.77. The average Bonchev–Trinajstić information content (AvgIpc) is 3.05. The molecule has 3 aliphatic rings. The van der Waals surface area contributed by atoms with Gasteiger partial charge in [-0.25, -0.2) is 0 Å². The zero-order chi connectivity index (χ0) is 17.2. The molecular weight excluding hydrogens is 302 g/mol. The van der Waals surface area contributed by atoms with Crippen LogP contribution in [-0.2, 0) is 9.53 Å². The Bertz CT molecular complexity index is 446. The minimum Gasteiger partial charge on any atom is -0.381 e. The summed E-state index contributed by atoms with van der Waals surface area (Å²) >= 11 is 0. The van der Waals surface area contributed by atoms with E-state index in [2.05, 4.69) is 29.4 Å². The number of amides is 1. The lowest BCUT2D eigenvalue weighted by Gasteiger charge is -2.44. The maximum absolute atomic E-state index is 13.0. The van der Waals surface area contributed by atoms with Gasteiger partial charge in [0.25, 0.3) is 0 Å². The third-order valence-corrected chi connectivity index (χ3v) is 6.80. The van der Waals surface area contributed by atoms with Crippen molar-refractivity contribution in [2.75, 3.05) is 39.8 Å². The molecule has 24 heavy (non-hydrogen) atoms. The van der Waals surface area contributed by atoms with Crippen LogP contribution in [0.25, 0.3) is 0 Å². The Labute approximate surface area is 146 Å². The van der Waals surface area contributed by atoms with Crippen molar-refractivity contribution >= 4 is 5.91 Å². The predicted molar refractivity (Wildman–Crippen MR) is 96.0 cm³/mol. The Kier molecular flexibility index (Phi) is 5.52. The first-order valence-corrected chi connectivity index (χ1v) is 9.75. The Morgan fingerprint density at radius 2 is 2.04 bits per heavy atom. The molecule has 1 saturated carbocycles. The molecule has 0 aromatic heterocycles. The molecule has 0 aromatic rings. The number of fused-ring (bicyclic) bond motifs is 1. The summed E-state index contributed by atoms with van der Waals surface area (Å²) in [4.78, 5) is 15.5. The smallest absolute Gasteiger partial charge is 0.227 e. The fourth-order valence-corrected chi connectivity index (χ4v) is 4.97. The van der Waals surface area contributed by atoms with Crippen molar-refractivity contribution in [3.05, 3.63) is 0 Å². The lowest BCUT2D eigenvalue weighted by Crippen LogP contribution is -2.57. The third-order valence-electron chi connectivity index (χ3n) is 6.80. The van der Waals surface area contributed by atoms with Crippen molar-refractivity contribution in [1.29, 1.82) is 0 Å². The molecule has 0 bridgehead atoms. The molecule has 3 fully saturated rings. The topological polar surface area (TPSA) is 53.6 Å². The van der Waals surface area contributed by atoms with E-state index in [9.17, 15) is 4.79 Å². The number of carbonyl (C=O) groups is 1. The van der Waals surface area contributed by atoms with Gasteiger partial charge in [0.2, 0.25) is 5.91 Å². The van der Waals surface area contributed by atoms with Crippen LogP contribution in [0.2, 0.25) is 0 Å². The Balaban J connectivity index is 1.55. The number of nitrogens with zero attached hydrogens (tertiary/aromatic N) is 1. The second kappa shape index (κ2) is 7.30. The molecule has 0 spiro atoms. The van der Waals surface area contributed by atoms with Gasteiger partial charge in [-0.15, -0.1) is 0 Å². The van der Waals surface area contributed by atoms with Gasteiger partial charge in [0, 0.05) is 38.8 Å². The standard InChI is InChI=1S/C19H35N3O2/c1-18(2,22-10-7-16(24-3)8-11-22)13-21-17(23)19-9-5-4-6-15(19)12-20-14-19/h15-16,20H,4-14H2,1-3H3,(H,21,23)/t15-,19+/m0/s1. The fraction of sp³-hybridized carbons (Fsp3) is 0.947. The molecule has 2 heterocycles. The zero-order valence-corrected chi connectivity index (χ0v) is 15.7. The van der Waals surface area contributed by atoms with Gasteiger partial charge in [0.1, 0.15) is 0 Å². The highest BCUT2D eigenvalue weighted by molar-refractivity contribution is 5.84. The highest BCUT2D eigenvalue weighted by Gasteiger charge is 2.50. The van der Waals surface area contributed by atoms with E-state index in [0.717, 1.165) is 52.0 Å². The number of ether oxygens (including phenoxy) is 1. The first-order chi connectivity index (χ1) is 11.5. The average molecular weight is 338 g/mol. The molecule has 0 aromatic carbocycles. The first-order valence-electron chi connectivity index (χ1n) is 9.75. The summed E-state index contributed by atoms with van der Waals surface area (Å²) in [6.07, 6.45) is 7.30. The van der Waals surface area contributed by atoms with Gasteiger partial charge in [-0.1, -0.05) is 12.8 Å². The van der Waals surface area contributed by atoms with Crippen molar-refractivity contribution in [3.8, 4) is 0 Å². The number of hydrogen-bond acceptors (Lipinski definition) is 4. The van der Waals surface area contributed by atoms with Gasteiger partial charge in [0.05, 0.1) is 11.5 Å². The van der Waals surface area contributed by atoms with E-state index in [-0.39, 0.29) is 16.9 Å². The second-order valence-corrected chi connectivity index (χ2v) is 8.65. The summed E-state index contributed by atoms with van der Waals surface area (Å²) in [6, 6.07) is 0. The third kappa shape index (κ3) is 3.49. The van der Waals surface area contributed by atoms with E-state index < -0.39 is 0 Å². The summed E-state index contributed by atoms with van der Waals surface area (Å²) in [5.41, 5.74) is -0.140. The lowest BCUT2D eigenvalue weighted by atomic mass is 9.67. The summed E-state index contributed by atoms with van der Waals surface area (Å²) in [7, 11) is 1.81. The minimum absolute atomic E-state index is 0.00120. The molecule has 2 saturated heterocycles. The van der Waals surface area contributed by atoms with Crippen LogP contribution in [0.5, 0.6) is 0 Å². The molecule has 3 rings (SSSR count). The number of hydrogen-bond donors (Lipinski definition) is 2. The highest BCUT2D eigenvalue weighted by Crippen LogP contribution is 2.44. The van der Waals surface area contributed by atoms with Crippen LogP contribution in [0.3, 0.4) is 0 Å². The van der Waals surface area contributed by atoms with Gasteiger partial charge >= 0.3 is 0 Å². The molecule has 2 N–H and O–H groups in total. The van der Waals surface area contributed by atoms with E-state index in [1.807, 2.05) is 0 Å². The van der Waals surface area contributed by atoms with Gasteiger partial charge in [-0.2, -0.15) is 0 Å². The van der Waals surface area contributed by atoms with E-state index >= 15 is 0 Å². The van der Waals surface area contributed by atoms with Gasteiger partial charge in [-0.05, 0) is 52.0 Å². The Morgan fingerprint density at radius 1 is 1.29 bits per heavy atom. The number of nitrogens with one attached hydrogen (secondary N) is 2. The molecule has 1 amide bonds. The number of rotatable bonds is 5. The fourth-order valence-electron chi connectivity index (χ4n) is 4.97. The second-order valence-electron chi connectivity index (χ2n) is 8.65. The molecule has 2 aliphatic heterocycles. The van der Waals surface area contributed by atoms with E-state index in [1.165, 1.54) is 19.3 Å². The molecule has 0 unspecified atom stereocenters. The van der Waals surface area contributed by atoms with Crippen LogP contribution in [0, 0.1) is 11.3 Å². The summed E-state index contributed by atoms with van der Waals surface area (Å²) in [5.74, 6) is 0.823. The Hall–Kier alpha value is -0.650. The van der Waals surface area contributed by atoms with Crippen molar-refractivity contribution in [1.82, 2.24) is 15.5 Å². The van der Waals surface area contributed by atoms with Crippen LogP contribution in [0.1, 0.15) is 52.4 Å². The SMILES string of the molecule is COC1CCN(C(C)(C)CNC(=O)[C@@]23CCCC[C@H]2CNC3)CC1. The van der Waals surface area contributed by atoms with E-state index in [1.54, 1.807) is 7.11 Å². The molecule has 5 nitrogen and oxygen atoms in total. The van der Waals surface area contributed by atoms with Crippen molar-refractivity contribution in [3.63, 3.8) is 0 Å². The molecule has 2 atom stereocenters. The van der Waals surface area contributed by atoms with Gasteiger partial charge in [0.15, 0.2) is 0 Å². The first kappa shape index (κ1) is 18.2. The molecule has 0 radical (unpaired) electrons. The number of methoxy groups -OCH3 is 1. The zero-order valence-electron chi connectivity index (χ0n) is 15.7. The molecule has 5 heteroatoms. The maximum Gasteiger partial charge on any atom is 0.227 e. The van der Waals surface area contributed by atoms with Crippen LogP contribution in [-0.4, -0.2) is 62.3 Å². The normalized spacial score (nSPS) is 32.5. The van der Waals surface area contributed by atoms with Crippen LogP contribution in [0.15, 0.2) is 0 Å². The van der Waals surface area contributed by atoms with Crippen molar-refractivity contribution < 1.29 is 9.53 Å². The largest absolute Gasteiger partial charge is 0.381 e. The van der Waals surface area contributed by atoms with Crippen LogP contribution in [0.4, 0.5) is 0 Å². The number of carbonyl (C=O) groups excluding carboxylic acids is 1. The summed E-state index contributed by atoms with van der Waals surface area (Å²) in [6.45, 7) is 9.22. The highest BCUT2D eigenvalue weighted by atomic mass is 16.5. The van der Waals surface area contributed by atoms with E-state index in [0.29, 0.717) is 12.0 Å². The number of likely N-dealkylation sites (tertiary alicyclic amines) is 1. The lowest BCUT2D eigenvalue weighted by molar-refractivity contribution is -0.134. The van der Waals surface area contributed by atoms with Gasteiger partial charge in [-0.3, -0.25) is 9.69 Å². The molecule has 1 aliphatic carbocycles. The molecule has 138 valence electrons.